The molecule has 1 aliphatic heterocycles. The lowest BCUT2D eigenvalue weighted by atomic mass is 10.0. The van der Waals surface area contributed by atoms with Gasteiger partial charge in [0.15, 0.2) is 0 Å². The fourth-order valence-electron chi connectivity index (χ4n) is 1.70. The molecule has 94 valence electrons. The summed E-state index contributed by atoms with van der Waals surface area (Å²) in [6.45, 7) is 0. The first kappa shape index (κ1) is 12.0. The number of rotatable bonds is 4. The molecule has 1 heterocycles. The van der Waals surface area contributed by atoms with Crippen molar-refractivity contribution in [1.29, 1.82) is 0 Å². The van der Waals surface area contributed by atoms with Gasteiger partial charge in [-0.25, -0.2) is 0 Å². The van der Waals surface area contributed by atoms with Gasteiger partial charge in [-0.2, -0.15) is 0 Å². The molecule has 0 aliphatic carbocycles. The molecule has 0 saturated heterocycles. The largest absolute Gasteiger partial charge is 0.481 e. The van der Waals surface area contributed by atoms with Crippen molar-refractivity contribution >= 4 is 17.4 Å². The lowest BCUT2D eigenvalue weighted by molar-refractivity contribution is -0.384. The van der Waals surface area contributed by atoms with Crippen LogP contribution in [0.25, 0.3) is 0 Å². The fourth-order valence-corrected chi connectivity index (χ4v) is 1.70. The van der Waals surface area contributed by atoms with Crippen LogP contribution in [-0.4, -0.2) is 27.8 Å². The Morgan fingerprint density at radius 1 is 1.61 bits per heavy atom. The highest BCUT2D eigenvalue weighted by atomic mass is 16.6. The molecule has 0 saturated carbocycles. The summed E-state index contributed by atoms with van der Waals surface area (Å²) in [5, 5.41) is 23.0. The number of carboxylic acid groups (broad SMARTS) is 1. The van der Waals surface area contributed by atoms with Gasteiger partial charge < -0.3 is 9.94 Å². The van der Waals surface area contributed by atoms with Crippen LogP contribution in [0.1, 0.15) is 18.4 Å². The molecule has 1 aromatic carbocycles. The summed E-state index contributed by atoms with van der Waals surface area (Å²) in [5.41, 5.74) is 1.08. The molecule has 1 aromatic rings. The van der Waals surface area contributed by atoms with Gasteiger partial charge in [0.05, 0.1) is 17.1 Å². The van der Waals surface area contributed by atoms with Crippen LogP contribution in [0.2, 0.25) is 0 Å². The maximum Gasteiger partial charge on any atom is 0.307 e. The van der Waals surface area contributed by atoms with Crippen molar-refractivity contribution in [1.82, 2.24) is 0 Å². The molecule has 7 heteroatoms. The minimum atomic E-state index is -0.963. The molecule has 0 radical (unpaired) electrons. The standard InChI is InChI=1S/C11H10N2O5/c14-11(15)6-9-5-10(12-18-9)7-2-1-3-8(4-7)13(16)17/h1-4,9H,5-6H2,(H,14,15). The minimum Gasteiger partial charge on any atom is -0.481 e. The number of benzene rings is 1. The summed E-state index contributed by atoms with van der Waals surface area (Å²) < 4.78 is 0. The average molecular weight is 250 g/mol. The molecule has 1 unspecified atom stereocenters. The summed E-state index contributed by atoms with van der Waals surface area (Å²) in [4.78, 5) is 25.6. The second-order valence-corrected chi connectivity index (χ2v) is 3.87. The van der Waals surface area contributed by atoms with E-state index in [4.69, 9.17) is 9.94 Å². The van der Waals surface area contributed by atoms with E-state index in [0.29, 0.717) is 17.7 Å². The van der Waals surface area contributed by atoms with Gasteiger partial charge >= 0.3 is 5.97 Å². The second-order valence-electron chi connectivity index (χ2n) is 3.87. The molecule has 0 fully saturated rings. The van der Waals surface area contributed by atoms with Gasteiger partial charge in [0.2, 0.25) is 0 Å². The molecule has 1 atom stereocenters. The number of nitrogens with zero attached hydrogens (tertiary/aromatic N) is 2. The number of oxime groups is 1. The van der Waals surface area contributed by atoms with Crippen LogP contribution in [0.3, 0.4) is 0 Å². The van der Waals surface area contributed by atoms with E-state index < -0.39 is 17.0 Å². The SMILES string of the molecule is O=C(O)CC1CC(c2cccc([N+](=O)[O-])c2)=NO1. The third-order valence-corrected chi connectivity index (χ3v) is 2.53. The molecule has 7 nitrogen and oxygen atoms in total. The van der Waals surface area contributed by atoms with E-state index in [2.05, 4.69) is 5.16 Å². The molecular weight excluding hydrogens is 240 g/mol. The normalized spacial score (nSPS) is 18.0. The highest BCUT2D eigenvalue weighted by molar-refractivity contribution is 6.01. The topological polar surface area (TPSA) is 102 Å². The Hall–Kier alpha value is -2.44. The van der Waals surface area contributed by atoms with Crippen molar-refractivity contribution in [3.05, 3.63) is 39.9 Å². The smallest absolute Gasteiger partial charge is 0.307 e. The maximum atomic E-state index is 10.6. The van der Waals surface area contributed by atoms with Crippen LogP contribution >= 0.6 is 0 Å². The van der Waals surface area contributed by atoms with Crippen LogP contribution in [0.4, 0.5) is 5.69 Å². The Morgan fingerprint density at radius 3 is 3.06 bits per heavy atom. The first-order valence-electron chi connectivity index (χ1n) is 5.25. The number of nitro benzene ring substituents is 1. The monoisotopic (exact) mass is 250 g/mol. The predicted octanol–water partition coefficient (Wildman–Crippen LogP) is 1.56. The third kappa shape index (κ3) is 2.62. The molecule has 0 bridgehead atoms. The van der Waals surface area contributed by atoms with Gasteiger partial charge in [0, 0.05) is 24.1 Å². The van der Waals surface area contributed by atoms with E-state index in [-0.39, 0.29) is 12.1 Å². The summed E-state index contributed by atoms with van der Waals surface area (Å²) in [7, 11) is 0. The predicted molar refractivity (Wildman–Crippen MR) is 61.4 cm³/mol. The Labute approximate surface area is 102 Å². The number of nitro groups is 1. The van der Waals surface area contributed by atoms with E-state index in [0.717, 1.165) is 0 Å². The van der Waals surface area contributed by atoms with Gasteiger partial charge in [-0.15, -0.1) is 0 Å². The quantitative estimate of drug-likeness (QED) is 0.645. The van der Waals surface area contributed by atoms with E-state index >= 15 is 0 Å². The van der Waals surface area contributed by atoms with Crippen molar-refractivity contribution in [2.75, 3.05) is 0 Å². The van der Waals surface area contributed by atoms with Crippen LogP contribution in [-0.2, 0) is 9.63 Å². The average Bonchev–Trinajstić information content (AvgIpc) is 2.77. The lowest BCUT2D eigenvalue weighted by Crippen LogP contribution is -2.13. The Bertz CT molecular complexity index is 526. The molecule has 0 spiro atoms. The molecular formula is C11H10N2O5. The van der Waals surface area contributed by atoms with Crippen LogP contribution in [0.15, 0.2) is 29.4 Å². The Balaban J connectivity index is 2.12. The van der Waals surface area contributed by atoms with Crippen molar-refractivity contribution in [3.63, 3.8) is 0 Å². The third-order valence-electron chi connectivity index (χ3n) is 2.53. The zero-order valence-electron chi connectivity index (χ0n) is 9.28. The molecule has 1 N–H and O–H groups in total. The van der Waals surface area contributed by atoms with Gasteiger partial charge in [-0.1, -0.05) is 17.3 Å². The number of hydrogen-bond donors (Lipinski definition) is 1. The number of carbonyl (C=O) groups is 1. The zero-order chi connectivity index (χ0) is 13.1. The Morgan fingerprint density at radius 2 is 2.39 bits per heavy atom. The molecule has 2 rings (SSSR count). The van der Waals surface area contributed by atoms with Crippen LogP contribution in [0, 0.1) is 10.1 Å². The zero-order valence-corrected chi connectivity index (χ0v) is 9.28. The van der Waals surface area contributed by atoms with Crippen molar-refractivity contribution in [2.45, 2.75) is 18.9 Å². The first-order valence-corrected chi connectivity index (χ1v) is 5.25. The number of carboxylic acids is 1. The highest BCUT2D eigenvalue weighted by Crippen LogP contribution is 2.21. The summed E-state index contributed by atoms with van der Waals surface area (Å²) in [6, 6.07) is 6.01. The first-order chi connectivity index (χ1) is 8.56. The number of hydrogen-bond acceptors (Lipinski definition) is 5. The maximum absolute atomic E-state index is 10.6. The Kier molecular flexibility index (Phi) is 3.22. The second kappa shape index (κ2) is 4.82. The summed E-state index contributed by atoms with van der Waals surface area (Å²) in [6.07, 6.45) is -0.299. The van der Waals surface area contributed by atoms with Crippen LogP contribution < -0.4 is 0 Å². The lowest BCUT2D eigenvalue weighted by Gasteiger charge is -2.03. The van der Waals surface area contributed by atoms with E-state index in [1.165, 1.54) is 12.1 Å². The highest BCUT2D eigenvalue weighted by Gasteiger charge is 2.25. The number of aliphatic carboxylic acids is 1. The van der Waals surface area contributed by atoms with Gasteiger partial charge in [0.1, 0.15) is 6.10 Å². The summed E-state index contributed by atoms with van der Waals surface area (Å²) >= 11 is 0. The fraction of sp³-hybridized carbons (Fsp3) is 0.273. The molecule has 0 amide bonds. The van der Waals surface area contributed by atoms with E-state index in [1.807, 2.05) is 0 Å². The summed E-state index contributed by atoms with van der Waals surface area (Å²) in [5.74, 6) is -0.963. The van der Waals surface area contributed by atoms with Crippen molar-refractivity contribution in [3.8, 4) is 0 Å². The van der Waals surface area contributed by atoms with Crippen molar-refractivity contribution < 1.29 is 19.7 Å². The van der Waals surface area contributed by atoms with Gasteiger partial charge in [-0.05, 0) is 0 Å². The van der Waals surface area contributed by atoms with Gasteiger partial charge in [0.25, 0.3) is 5.69 Å². The van der Waals surface area contributed by atoms with Crippen molar-refractivity contribution in [2.24, 2.45) is 5.16 Å². The number of non-ortho nitro benzene ring substituents is 1. The minimum absolute atomic E-state index is 0.0307. The van der Waals surface area contributed by atoms with E-state index in [9.17, 15) is 14.9 Å². The molecule has 1 aliphatic rings. The molecule has 0 aromatic heterocycles. The molecule has 18 heavy (non-hydrogen) atoms. The van der Waals surface area contributed by atoms with E-state index in [1.54, 1.807) is 12.1 Å². The van der Waals surface area contributed by atoms with Gasteiger partial charge in [-0.3, -0.25) is 14.9 Å². The van der Waals surface area contributed by atoms with Crippen LogP contribution in [0.5, 0.6) is 0 Å².